The number of piperidine rings is 2. The van der Waals surface area contributed by atoms with Crippen molar-refractivity contribution < 1.29 is 14.3 Å². The molecule has 2 aliphatic heterocycles. The largest absolute Gasteiger partial charge is 0.493 e. The maximum absolute atomic E-state index is 12.4. The van der Waals surface area contributed by atoms with E-state index in [2.05, 4.69) is 15.5 Å². The summed E-state index contributed by atoms with van der Waals surface area (Å²) in [6.45, 7) is 3.25. The molecular formula is C29H33N3O3. The van der Waals surface area contributed by atoms with E-state index in [1.165, 1.54) is 45.2 Å². The summed E-state index contributed by atoms with van der Waals surface area (Å²) in [6, 6.07) is 24.9. The first-order chi connectivity index (χ1) is 17.2. The Balaban J connectivity index is 1.08. The van der Waals surface area contributed by atoms with E-state index < -0.39 is 0 Å². The fourth-order valence-electron chi connectivity index (χ4n) is 5.13. The number of carbonyl (C=O) groups is 1. The first kappa shape index (κ1) is 23.2. The van der Waals surface area contributed by atoms with Gasteiger partial charge in [-0.15, -0.1) is 0 Å². The van der Waals surface area contributed by atoms with Crippen molar-refractivity contribution in [2.75, 3.05) is 30.3 Å². The zero-order valence-corrected chi connectivity index (χ0v) is 20.0. The molecule has 0 bridgehead atoms. The van der Waals surface area contributed by atoms with Crippen LogP contribution in [-0.2, 0) is 0 Å². The lowest BCUT2D eigenvalue weighted by molar-refractivity contribution is 0.0366. The molecule has 3 aromatic carbocycles. The van der Waals surface area contributed by atoms with Crippen LogP contribution in [0.15, 0.2) is 78.9 Å². The SMILES string of the molecule is O=C(Nc1ccc(OC[C@@H]2CCCN3CCCC[C@H]23)cc1)Nc1ccc(Oc2ccccc2)cc1. The molecule has 2 atom stereocenters. The third-order valence-corrected chi connectivity index (χ3v) is 6.90. The molecule has 2 aliphatic rings. The zero-order chi connectivity index (χ0) is 23.9. The molecule has 2 heterocycles. The summed E-state index contributed by atoms with van der Waals surface area (Å²) in [4.78, 5) is 15.1. The Morgan fingerprint density at radius 2 is 1.37 bits per heavy atom. The van der Waals surface area contributed by atoms with Crippen LogP contribution in [0.2, 0.25) is 0 Å². The number of carbonyl (C=O) groups excluding carboxylic acids is 1. The molecule has 6 heteroatoms. The monoisotopic (exact) mass is 471 g/mol. The topological polar surface area (TPSA) is 62.8 Å². The van der Waals surface area contributed by atoms with Crippen LogP contribution in [0, 0.1) is 5.92 Å². The first-order valence-corrected chi connectivity index (χ1v) is 12.6. The third-order valence-electron chi connectivity index (χ3n) is 6.90. The molecule has 0 aliphatic carbocycles. The summed E-state index contributed by atoms with van der Waals surface area (Å²) in [5, 5.41) is 5.72. The first-order valence-electron chi connectivity index (χ1n) is 12.6. The van der Waals surface area contributed by atoms with Crippen LogP contribution in [0.25, 0.3) is 0 Å². The summed E-state index contributed by atoms with van der Waals surface area (Å²) in [7, 11) is 0. The van der Waals surface area contributed by atoms with E-state index in [9.17, 15) is 4.79 Å². The summed E-state index contributed by atoms with van der Waals surface area (Å²) < 4.78 is 11.9. The zero-order valence-electron chi connectivity index (χ0n) is 20.0. The van der Waals surface area contributed by atoms with Crippen molar-refractivity contribution >= 4 is 17.4 Å². The highest BCUT2D eigenvalue weighted by atomic mass is 16.5. The van der Waals surface area contributed by atoms with E-state index in [0.717, 1.165) is 23.8 Å². The van der Waals surface area contributed by atoms with Crippen LogP contribution < -0.4 is 20.1 Å². The second-order valence-corrected chi connectivity index (χ2v) is 9.36. The van der Waals surface area contributed by atoms with Gasteiger partial charge >= 0.3 is 6.03 Å². The summed E-state index contributed by atoms with van der Waals surface area (Å²) >= 11 is 0. The van der Waals surface area contributed by atoms with Gasteiger partial charge in [0.05, 0.1) is 6.61 Å². The van der Waals surface area contributed by atoms with E-state index in [4.69, 9.17) is 9.47 Å². The summed E-state index contributed by atoms with van der Waals surface area (Å²) in [5.74, 6) is 2.94. The number of hydrogen-bond acceptors (Lipinski definition) is 4. The Bertz CT molecular complexity index is 1080. The molecule has 35 heavy (non-hydrogen) atoms. The van der Waals surface area contributed by atoms with Crippen LogP contribution in [0.3, 0.4) is 0 Å². The number of amides is 2. The maximum atomic E-state index is 12.4. The number of urea groups is 1. The molecule has 2 saturated heterocycles. The maximum Gasteiger partial charge on any atom is 0.323 e. The number of ether oxygens (including phenoxy) is 2. The molecule has 0 saturated carbocycles. The van der Waals surface area contributed by atoms with E-state index in [1.54, 1.807) is 0 Å². The van der Waals surface area contributed by atoms with Gasteiger partial charge in [0.15, 0.2) is 0 Å². The normalized spacial score (nSPS) is 19.9. The smallest absolute Gasteiger partial charge is 0.323 e. The fraction of sp³-hybridized carbons (Fsp3) is 0.345. The van der Waals surface area contributed by atoms with Gasteiger partial charge in [-0.25, -0.2) is 4.79 Å². The van der Waals surface area contributed by atoms with Crippen molar-refractivity contribution in [3.63, 3.8) is 0 Å². The van der Waals surface area contributed by atoms with Crippen molar-refractivity contribution in [2.45, 2.75) is 38.1 Å². The summed E-state index contributed by atoms with van der Waals surface area (Å²) in [5.41, 5.74) is 1.40. The number of nitrogens with zero attached hydrogens (tertiary/aromatic N) is 1. The highest BCUT2D eigenvalue weighted by Crippen LogP contribution is 2.31. The minimum atomic E-state index is -0.296. The van der Waals surface area contributed by atoms with Crippen molar-refractivity contribution in [2.24, 2.45) is 5.92 Å². The Labute approximate surface area is 207 Å². The second-order valence-electron chi connectivity index (χ2n) is 9.36. The van der Waals surface area contributed by atoms with Crippen LogP contribution in [0.5, 0.6) is 17.2 Å². The molecule has 2 N–H and O–H groups in total. The number of rotatable bonds is 7. The quantitative estimate of drug-likeness (QED) is 0.399. The van der Waals surface area contributed by atoms with Gasteiger partial charge in [0.2, 0.25) is 0 Å². The van der Waals surface area contributed by atoms with E-state index in [-0.39, 0.29) is 6.03 Å². The number of fused-ring (bicyclic) bond motifs is 1. The molecule has 0 radical (unpaired) electrons. The summed E-state index contributed by atoms with van der Waals surface area (Å²) in [6.07, 6.45) is 6.49. The van der Waals surface area contributed by atoms with Gasteiger partial charge in [-0.05, 0) is 99.4 Å². The average Bonchev–Trinajstić information content (AvgIpc) is 2.90. The molecule has 6 nitrogen and oxygen atoms in total. The number of benzene rings is 3. The Kier molecular flexibility index (Phi) is 7.49. The lowest BCUT2D eigenvalue weighted by Gasteiger charge is -2.44. The minimum Gasteiger partial charge on any atom is -0.493 e. The molecule has 0 aromatic heterocycles. The van der Waals surface area contributed by atoms with Gasteiger partial charge in [-0.3, -0.25) is 4.90 Å². The molecule has 3 aromatic rings. The number of nitrogens with one attached hydrogen (secondary N) is 2. The van der Waals surface area contributed by atoms with Crippen LogP contribution in [0.4, 0.5) is 16.2 Å². The van der Waals surface area contributed by atoms with E-state index >= 15 is 0 Å². The highest BCUT2D eigenvalue weighted by molar-refractivity contribution is 5.99. The van der Waals surface area contributed by atoms with Gasteiger partial charge < -0.3 is 20.1 Å². The van der Waals surface area contributed by atoms with Crippen LogP contribution in [-0.4, -0.2) is 36.7 Å². The lowest BCUT2D eigenvalue weighted by atomic mass is 9.84. The van der Waals surface area contributed by atoms with Crippen molar-refractivity contribution in [3.8, 4) is 17.2 Å². The Morgan fingerprint density at radius 1 is 0.743 bits per heavy atom. The fourth-order valence-corrected chi connectivity index (χ4v) is 5.13. The van der Waals surface area contributed by atoms with Gasteiger partial charge in [0.1, 0.15) is 17.2 Å². The van der Waals surface area contributed by atoms with Crippen LogP contribution >= 0.6 is 0 Å². The van der Waals surface area contributed by atoms with Gasteiger partial charge in [-0.1, -0.05) is 24.6 Å². The van der Waals surface area contributed by atoms with Gasteiger partial charge in [0.25, 0.3) is 0 Å². The van der Waals surface area contributed by atoms with Gasteiger partial charge in [0, 0.05) is 23.3 Å². The predicted molar refractivity (Wildman–Crippen MR) is 139 cm³/mol. The van der Waals surface area contributed by atoms with Crippen molar-refractivity contribution in [3.05, 3.63) is 78.9 Å². The van der Waals surface area contributed by atoms with Crippen LogP contribution in [0.1, 0.15) is 32.1 Å². The predicted octanol–water partition coefficient (Wildman–Crippen LogP) is 6.77. The number of hydrogen-bond donors (Lipinski definition) is 2. The Morgan fingerprint density at radius 3 is 2.09 bits per heavy atom. The molecule has 5 rings (SSSR count). The third kappa shape index (κ3) is 6.34. The Hall–Kier alpha value is -3.51. The van der Waals surface area contributed by atoms with Crippen molar-refractivity contribution in [1.82, 2.24) is 4.90 Å². The molecular weight excluding hydrogens is 438 g/mol. The molecule has 0 unspecified atom stereocenters. The van der Waals surface area contributed by atoms with E-state index in [1.807, 2.05) is 78.9 Å². The standard InChI is InChI=1S/C29H33N3O3/c33-29(31-24-13-17-27(18-14-24)35-26-8-2-1-3-9-26)30-23-11-15-25(16-12-23)34-21-22-7-6-20-32-19-5-4-10-28(22)32/h1-3,8-9,11-18,22,28H,4-7,10,19-21H2,(H2,30,31,33)/t22-,28+/m0/s1. The van der Waals surface area contributed by atoms with E-state index in [0.29, 0.717) is 23.4 Å². The number of anilines is 2. The minimum absolute atomic E-state index is 0.296. The molecule has 2 fully saturated rings. The molecule has 182 valence electrons. The molecule has 0 spiro atoms. The molecule has 2 amide bonds. The lowest BCUT2D eigenvalue weighted by Crippen LogP contribution is -2.49. The second kappa shape index (κ2) is 11.3. The number of para-hydroxylation sites is 1. The van der Waals surface area contributed by atoms with Crippen molar-refractivity contribution in [1.29, 1.82) is 0 Å². The highest BCUT2D eigenvalue weighted by Gasteiger charge is 2.33. The average molecular weight is 472 g/mol. The van der Waals surface area contributed by atoms with Gasteiger partial charge in [-0.2, -0.15) is 0 Å².